The molecule has 7 nitrogen and oxygen atoms in total. The van der Waals surface area contributed by atoms with Crippen molar-refractivity contribution in [3.05, 3.63) is 47.0 Å². The second-order valence-corrected chi connectivity index (χ2v) is 8.34. The van der Waals surface area contributed by atoms with Crippen LogP contribution in [0, 0.1) is 0 Å². The second-order valence-electron chi connectivity index (χ2n) is 5.33. The highest BCUT2D eigenvalue weighted by Gasteiger charge is 2.29. The molecule has 27 heavy (non-hydrogen) atoms. The largest absolute Gasteiger partial charge is 0.494 e. The number of amidine groups is 1. The first-order valence-electron chi connectivity index (χ1n) is 7.78. The van der Waals surface area contributed by atoms with Gasteiger partial charge in [0.1, 0.15) is 10.6 Å². The van der Waals surface area contributed by atoms with E-state index >= 15 is 0 Å². The lowest BCUT2D eigenvalue weighted by Gasteiger charge is -2.18. The van der Waals surface area contributed by atoms with E-state index in [2.05, 4.69) is 14.5 Å². The van der Waals surface area contributed by atoms with Crippen LogP contribution in [0.25, 0.3) is 0 Å². The Balaban J connectivity index is 1.90. The zero-order chi connectivity index (χ0) is 19.6. The molecule has 0 saturated carbocycles. The van der Waals surface area contributed by atoms with Crippen molar-refractivity contribution in [2.75, 3.05) is 19.0 Å². The van der Waals surface area contributed by atoms with Crippen molar-refractivity contribution < 1.29 is 22.7 Å². The quantitative estimate of drug-likeness (QED) is 0.743. The van der Waals surface area contributed by atoms with Crippen LogP contribution in [0.4, 0.5) is 5.69 Å². The summed E-state index contributed by atoms with van der Waals surface area (Å²) in [5.41, 5.74) is 0.626. The number of hydrogen-bond acceptors (Lipinski definition) is 7. The first-order valence-corrected chi connectivity index (χ1v) is 10.4. The van der Waals surface area contributed by atoms with Crippen molar-refractivity contribution in [3.63, 3.8) is 0 Å². The number of carbonyl (C=O) groups excluding carboxylic acids is 1. The summed E-state index contributed by atoms with van der Waals surface area (Å²) in [6.07, 6.45) is 0. The maximum atomic E-state index is 12.5. The molecule has 2 aromatic rings. The van der Waals surface area contributed by atoms with E-state index in [1.165, 1.54) is 19.2 Å². The van der Waals surface area contributed by atoms with Crippen molar-refractivity contribution in [1.82, 2.24) is 0 Å². The fourth-order valence-corrected chi connectivity index (χ4v) is 5.18. The number of carbonyl (C=O) groups is 1. The molecule has 1 aliphatic heterocycles. The van der Waals surface area contributed by atoms with Gasteiger partial charge in [-0.1, -0.05) is 11.6 Å². The zero-order valence-electron chi connectivity index (χ0n) is 14.4. The lowest BCUT2D eigenvalue weighted by Crippen LogP contribution is -2.17. The average molecular weight is 427 g/mol. The molecule has 3 rings (SSSR count). The molecule has 1 heterocycles. The number of fused-ring (bicyclic) bond motifs is 1. The van der Waals surface area contributed by atoms with Crippen molar-refractivity contribution in [2.45, 2.75) is 16.7 Å². The number of benzene rings is 2. The molecule has 10 heteroatoms. The predicted octanol–water partition coefficient (Wildman–Crippen LogP) is 3.79. The van der Waals surface area contributed by atoms with Crippen molar-refractivity contribution in [1.29, 1.82) is 0 Å². The number of ether oxygens (including phenoxy) is 2. The Hall–Kier alpha value is -2.23. The SMILES string of the molecule is CCOc1ccc(NC2=NS(=O)(=O)c3cc(C(=O)OC)c(Cl)cc3S2)cc1. The molecule has 0 aliphatic carbocycles. The number of nitrogens with zero attached hydrogens (tertiary/aromatic N) is 1. The smallest absolute Gasteiger partial charge is 0.339 e. The molecule has 1 N–H and O–H groups in total. The van der Waals surface area contributed by atoms with Crippen molar-refractivity contribution >= 4 is 50.2 Å². The highest BCUT2D eigenvalue weighted by molar-refractivity contribution is 8.15. The molecule has 0 bridgehead atoms. The third-order valence-corrected chi connectivity index (χ3v) is 6.36. The number of anilines is 1. The average Bonchev–Trinajstić information content (AvgIpc) is 2.62. The van der Waals surface area contributed by atoms with E-state index in [-0.39, 0.29) is 20.6 Å². The number of rotatable bonds is 4. The Morgan fingerprint density at radius 2 is 1.96 bits per heavy atom. The van der Waals surface area contributed by atoms with Crippen LogP contribution in [0.2, 0.25) is 5.02 Å². The summed E-state index contributed by atoms with van der Waals surface area (Å²) in [5.74, 6) is -0.00772. The number of sulfonamides is 1. The van der Waals surface area contributed by atoms with E-state index < -0.39 is 16.0 Å². The van der Waals surface area contributed by atoms with Crippen LogP contribution in [0.3, 0.4) is 0 Å². The molecular formula is C17H15ClN2O5S2. The van der Waals surface area contributed by atoms with E-state index in [1.807, 2.05) is 6.92 Å². The molecule has 0 unspecified atom stereocenters. The van der Waals surface area contributed by atoms with Gasteiger partial charge in [-0.25, -0.2) is 4.79 Å². The summed E-state index contributed by atoms with van der Waals surface area (Å²) in [7, 11) is -2.80. The van der Waals surface area contributed by atoms with E-state index in [1.54, 1.807) is 24.3 Å². The van der Waals surface area contributed by atoms with Crippen LogP contribution in [0.15, 0.2) is 50.6 Å². The lowest BCUT2D eigenvalue weighted by molar-refractivity contribution is 0.0600. The maximum Gasteiger partial charge on any atom is 0.339 e. The molecule has 2 aromatic carbocycles. The Bertz CT molecular complexity index is 1020. The third-order valence-electron chi connectivity index (χ3n) is 3.54. The van der Waals surface area contributed by atoms with Crippen LogP contribution in [0.5, 0.6) is 5.75 Å². The standard InChI is InChI=1S/C17H15ClN2O5S2/c1-3-25-11-6-4-10(5-7-11)19-17-20-27(22,23)15-8-12(16(21)24-2)13(18)9-14(15)26-17/h4-9H,3H2,1-2H3,(H,19,20). The van der Waals surface area contributed by atoms with Gasteiger partial charge in [0.15, 0.2) is 5.17 Å². The van der Waals surface area contributed by atoms with Crippen LogP contribution in [-0.2, 0) is 14.8 Å². The number of halogens is 1. The Labute approximate surface area is 165 Å². The number of methoxy groups -OCH3 is 1. The minimum atomic E-state index is -4.00. The van der Waals surface area contributed by atoms with Crippen LogP contribution in [0.1, 0.15) is 17.3 Å². The molecule has 0 spiro atoms. The van der Waals surface area contributed by atoms with Gasteiger partial charge in [-0.05, 0) is 55.1 Å². The van der Waals surface area contributed by atoms with Crippen LogP contribution >= 0.6 is 23.4 Å². The Kier molecular flexibility index (Phi) is 5.64. The number of hydrogen-bond donors (Lipinski definition) is 1. The van der Waals surface area contributed by atoms with Gasteiger partial charge >= 0.3 is 5.97 Å². The van der Waals surface area contributed by atoms with Gasteiger partial charge < -0.3 is 14.8 Å². The molecule has 0 saturated heterocycles. The third kappa shape index (κ3) is 4.20. The zero-order valence-corrected chi connectivity index (χ0v) is 16.7. The first kappa shape index (κ1) is 19.5. The topological polar surface area (TPSA) is 94.1 Å². The Morgan fingerprint density at radius 1 is 1.26 bits per heavy atom. The van der Waals surface area contributed by atoms with Crippen LogP contribution < -0.4 is 10.1 Å². The number of esters is 1. The molecule has 1 aliphatic rings. The highest BCUT2D eigenvalue weighted by Crippen LogP contribution is 2.38. The molecule has 0 aromatic heterocycles. The van der Waals surface area contributed by atoms with Gasteiger partial charge in [0.25, 0.3) is 10.0 Å². The van der Waals surface area contributed by atoms with E-state index in [0.717, 1.165) is 11.8 Å². The minimum absolute atomic E-state index is 0.0276. The van der Waals surface area contributed by atoms with E-state index in [9.17, 15) is 13.2 Å². The normalized spacial score (nSPS) is 14.7. The molecular weight excluding hydrogens is 412 g/mol. The molecule has 142 valence electrons. The lowest BCUT2D eigenvalue weighted by atomic mass is 10.2. The van der Waals surface area contributed by atoms with E-state index in [0.29, 0.717) is 22.9 Å². The molecule has 0 amide bonds. The highest BCUT2D eigenvalue weighted by atomic mass is 35.5. The molecule has 0 atom stereocenters. The maximum absolute atomic E-state index is 12.5. The summed E-state index contributed by atoms with van der Waals surface area (Å²) in [6.45, 7) is 2.44. The second kappa shape index (κ2) is 7.79. The molecule has 0 fully saturated rings. The predicted molar refractivity (Wildman–Crippen MR) is 105 cm³/mol. The van der Waals surface area contributed by atoms with Gasteiger partial charge in [0, 0.05) is 10.6 Å². The van der Waals surface area contributed by atoms with Gasteiger partial charge in [-0.15, -0.1) is 4.40 Å². The first-order chi connectivity index (χ1) is 12.8. The van der Waals surface area contributed by atoms with Crippen molar-refractivity contribution in [3.8, 4) is 5.75 Å². The summed E-state index contributed by atoms with van der Waals surface area (Å²) < 4.78 is 38.8. The van der Waals surface area contributed by atoms with Crippen LogP contribution in [-0.4, -0.2) is 33.3 Å². The fourth-order valence-electron chi connectivity index (χ4n) is 2.34. The minimum Gasteiger partial charge on any atom is -0.494 e. The molecule has 0 radical (unpaired) electrons. The van der Waals surface area contributed by atoms with Gasteiger partial charge in [0.05, 0.1) is 24.3 Å². The number of thioether (sulfide) groups is 1. The van der Waals surface area contributed by atoms with Gasteiger partial charge in [-0.3, -0.25) is 0 Å². The number of nitrogens with one attached hydrogen (secondary N) is 1. The Morgan fingerprint density at radius 3 is 2.59 bits per heavy atom. The van der Waals surface area contributed by atoms with Crippen molar-refractivity contribution in [2.24, 2.45) is 4.40 Å². The van der Waals surface area contributed by atoms with E-state index in [4.69, 9.17) is 16.3 Å². The van der Waals surface area contributed by atoms with Gasteiger partial charge in [0.2, 0.25) is 0 Å². The van der Waals surface area contributed by atoms with Gasteiger partial charge in [-0.2, -0.15) is 8.42 Å². The summed E-state index contributed by atoms with van der Waals surface area (Å²) in [6, 6.07) is 9.64. The fraction of sp³-hybridized carbons (Fsp3) is 0.176. The summed E-state index contributed by atoms with van der Waals surface area (Å²) in [4.78, 5) is 12.0. The summed E-state index contributed by atoms with van der Waals surface area (Å²) in [5, 5.41) is 3.24. The monoisotopic (exact) mass is 426 g/mol. The summed E-state index contributed by atoms with van der Waals surface area (Å²) >= 11 is 7.20.